The first kappa shape index (κ1) is 70.5. The van der Waals surface area contributed by atoms with Crippen molar-refractivity contribution in [1.82, 2.24) is 47.1 Å². The molecule has 4 aromatic rings. The lowest BCUT2D eigenvalue weighted by Crippen LogP contribution is -2.59. The van der Waals surface area contributed by atoms with Crippen molar-refractivity contribution in [2.24, 2.45) is 39.9 Å². The summed E-state index contributed by atoms with van der Waals surface area (Å²) in [5.74, 6) is -10.7. The van der Waals surface area contributed by atoms with Crippen LogP contribution in [-0.4, -0.2) is 171 Å². The van der Waals surface area contributed by atoms with Crippen molar-refractivity contribution in [3.8, 4) is 5.75 Å². The molecule has 27 nitrogen and oxygen atoms in total. The Morgan fingerprint density at radius 2 is 1.42 bits per heavy atom. The molecule has 10 atom stereocenters. The molecule has 9 amide bonds. The first-order valence-corrected chi connectivity index (χ1v) is 29.5. The van der Waals surface area contributed by atoms with Gasteiger partial charge in [0.2, 0.25) is 41.4 Å². The molecule has 5 rings (SSSR count). The minimum Gasteiger partial charge on any atom is -0.508 e. The third kappa shape index (κ3) is 21.5. The summed E-state index contributed by atoms with van der Waals surface area (Å²) in [4.78, 5) is 159. The van der Waals surface area contributed by atoms with Gasteiger partial charge in [-0.25, -0.2) is 4.79 Å². The van der Waals surface area contributed by atoms with Gasteiger partial charge in [0.1, 0.15) is 29.4 Å². The van der Waals surface area contributed by atoms with Crippen molar-refractivity contribution in [2.45, 2.75) is 147 Å². The van der Waals surface area contributed by atoms with Gasteiger partial charge in [-0.15, -0.1) is 0 Å². The number of aromatic amines is 1. The molecule has 3 aromatic carbocycles. The maximum Gasteiger partial charge on any atom is 0.315 e. The Balaban J connectivity index is 1.30. The number of H-pyrrole nitrogens is 1. The van der Waals surface area contributed by atoms with Crippen molar-refractivity contribution in [3.63, 3.8) is 0 Å². The van der Waals surface area contributed by atoms with Gasteiger partial charge in [-0.1, -0.05) is 74.5 Å². The van der Waals surface area contributed by atoms with Gasteiger partial charge >= 0.3 is 6.03 Å². The fourth-order valence-electron chi connectivity index (χ4n) is 10.7. The van der Waals surface area contributed by atoms with Crippen LogP contribution in [0, 0.1) is 17.8 Å². The molecule has 0 aliphatic carbocycles. The molecule has 1 aliphatic rings. The molecule has 89 heavy (non-hydrogen) atoms. The largest absolute Gasteiger partial charge is 0.508 e. The second-order valence-electron chi connectivity index (χ2n) is 23.3. The molecular weight excluding hydrogens is 1150 g/mol. The zero-order chi connectivity index (χ0) is 65.7. The number of aliphatic hydroxyl groups excluding tert-OH is 2. The monoisotopic (exact) mass is 1240 g/mol. The van der Waals surface area contributed by atoms with Crippen LogP contribution in [0.4, 0.5) is 4.79 Å². The van der Waals surface area contributed by atoms with Gasteiger partial charge in [-0.2, -0.15) is 0 Å². The van der Waals surface area contributed by atoms with Gasteiger partial charge < -0.3 is 79.6 Å². The van der Waals surface area contributed by atoms with Crippen LogP contribution < -0.4 is 54.4 Å². The van der Waals surface area contributed by atoms with E-state index in [0.717, 1.165) is 21.4 Å². The molecule has 27 heteroatoms. The number of aliphatic hydroxyl groups is 2. The molecule has 2 heterocycles. The summed E-state index contributed by atoms with van der Waals surface area (Å²) in [5, 5.41) is 50.8. The van der Waals surface area contributed by atoms with Gasteiger partial charge in [-0.3, -0.25) is 52.9 Å². The van der Waals surface area contributed by atoms with Crippen LogP contribution >= 0.6 is 0 Å². The van der Waals surface area contributed by atoms with Crippen LogP contribution in [0.2, 0.25) is 0 Å². The van der Waals surface area contributed by atoms with Crippen LogP contribution in [0.5, 0.6) is 5.75 Å². The number of hydrogen-bond acceptors (Lipinski definition) is 15. The van der Waals surface area contributed by atoms with Gasteiger partial charge in [0, 0.05) is 88.6 Å². The highest BCUT2D eigenvalue weighted by atomic mass is 16.3. The van der Waals surface area contributed by atoms with E-state index in [1.54, 1.807) is 36.5 Å². The summed E-state index contributed by atoms with van der Waals surface area (Å²) in [7, 11) is 1.50. The quantitative estimate of drug-likeness (QED) is 0.0162. The standard InChI is InChI=1S/C62H85N13O14/c1-34(2)23-46(51(80)26-39(15-12-22-67-60(65)66-6)56(85)72-48(55(64)84)25-40-31-68-45-17-11-10-16-43(40)45)73-61(89)69-32-53(82)62(5,30-38-13-8-7-9-14-38)74-57(86)44(35(3)76)28-52(81)47(29-54(63)83)71-58(87)50-27-42(79)33-75(50)59(88)49(70-36(4)77)24-37-18-20-41(78)21-19-37/h7-11,13-14,16-21,31,34-35,39,42,44,46-50,68,76,78-79H,12,15,22-30,32-33H2,1-6H3,(H2,63,83)(H2,64,84)(H,70,77)(H,71,87)(H,72,85)(H,74,86)(H3,65,66,67)(H2,69,73,89)/t35-,39-,42-,44+,46+,47+,48+,49-,50+,62+/m1/s1. The van der Waals surface area contributed by atoms with E-state index in [4.69, 9.17) is 17.2 Å². The number of benzene rings is 3. The van der Waals surface area contributed by atoms with Gasteiger partial charge in [0.25, 0.3) is 0 Å². The predicted octanol–water partition coefficient (Wildman–Crippen LogP) is -0.298. The number of carbonyl (C=O) groups excluding carboxylic acids is 11. The first-order valence-electron chi connectivity index (χ1n) is 29.5. The molecule has 0 radical (unpaired) electrons. The number of phenols is 1. The lowest BCUT2D eigenvalue weighted by atomic mass is 9.86. The Hall–Kier alpha value is -9.24. The molecule has 0 unspecified atom stereocenters. The average Bonchev–Trinajstić information content (AvgIpc) is 2.17. The van der Waals surface area contributed by atoms with Crippen LogP contribution in [0.15, 0.2) is 90.1 Å². The topological polar surface area (TPSA) is 442 Å². The second kappa shape index (κ2) is 33.2. The highest BCUT2D eigenvalue weighted by Crippen LogP contribution is 2.25. The number of primary amides is 2. The number of β-amino-alcohol motifs (C(OH)–C–C–N with tert-alkyl or cyclic N) is 1. The number of likely N-dealkylation sites (tertiary alicyclic amines) is 1. The Kier molecular flexibility index (Phi) is 26.3. The molecule has 0 spiro atoms. The van der Waals surface area contributed by atoms with E-state index in [1.807, 2.05) is 38.1 Å². The van der Waals surface area contributed by atoms with E-state index in [9.17, 15) is 68.1 Å². The highest BCUT2D eigenvalue weighted by molar-refractivity contribution is 6.01. The summed E-state index contributed by atoms with van der Waals surface area (Å²) in [6.07, 6.45) is -2.99. The van der Waals surface area contributed by atoms with E-state index >= 15 is 0 Å². The number of guanidine groups is 1. The Labute approximate surface area is 515 Å². The molecular formula is C62H85N13O14. The summed E-state index contributed by atoms with van der Waals surface area (Å²) >= 11 is 0. The molecule has 1 aromatic heterocycles. The second-order valence-corrected chi connectivity index (χ2v) is 23.3. The van der Waals surface area contributed by atoms with Crippen LogP contribution in [0.3, 0.4) is 0 Å². The predicted molar refractivity (Wildman–Crippen MR) is 329 cm³/mol. The number of amides is 9. The normalized spacial score (nSPS) is 17.1. The maximum absolute atomic E-state index is 14.5. The van der Waals surface area contributed by atoms with E-state index in [-0.39, 0.29) is 75.7 Å². The molecule has 17 N–H and O–H groups in total. The van der Waals surface area contributed by atoms with E-state index in [2.05, 4.69) is 47.2 Å². The number of aliphatic imine (C=N–C) groups is 1. The lowest BCUT2D eigenvalue weighted by Gasteiger charge is -2.33. The number of Topliss-reactive ketones (excluding diaryl/α,β-unsaturated/α-hetero) is 3. The molecule has 1 fully saturated rings. The summed E-state index contributed by atoms with van der Waals surface area (Å²) < 4.78 is 0. The van der Waals surface area contributed by atoms with E-state index in [1.165, 1.54) is 52.1 Å². The number of fused-ring (bicyclic) bond motifs is 1. The fourth-order valence-corrected chi connectivity index (χ4v) is 10.7. The number of ketones is 3. The minimum atomic E-state index is -1.87. The first-order chi connectivity index (χ1) is 42.1. The smallest absolute Gasteiger partial charge is 0.315 e. The number of phenolic OH excluding ortho intramolecular Hbond substituents is 1. The van der Waals surface area contributed by atoms with Crippen molar-refractivity contribution in [2.75, 3.05) is 26.7 Å². The summed E-state index contributed by atoms with van der Waals surface area (Å²) in [5.41, 5.74) is 17.9. The Morgan fingerprint density at radius 3 is 2.04 bits per heavy atom. The molecule has 1 saturated heterocycles. The van der Waals surface area contributed by atoms with Gasteiger partial charge in [0.05, 0.1) is 43.2 Å². The van der Waals surface area contributed by atoms with Crippen molar-refractivity contribution >= 4 is 81.6 Å². The van der Waals surface area contributed by atoms with Crippen molar-refractivity contribution in [3.05, 3.63) is 102 Å². The SMILES string of the molecule is CN=C(N)NCCC[C@H](CC(=O)[C@H](CC(C)C)NC(=O)NCC(=O)[C@](C)(Cc1ccccc1)NC(=O)[C@@H](CC(=O)[C@H](CC(N)=O)NC(=O)[C@@H]1C[C@@H](O)CN1C(=O)[C@@H](Cc1ccc(O)cc1)NC(C)=O)[C@@H](C)O)C(=O)N[C@@H](Cc1c[nH]c2ccccc12)C(N)=O. The average molecular weight is 1240 g/mol. The number of aromatic nitrogens is 1. The lowest BCUT2D eigenvalue weighted by molar-refractivity contribution is -0.142. The number of carbonyl (C=O) groups is 11. The number of nitrogens with one attached hydrogen (secondary N) is 8. The van der Waals surface area contributed by atoms with Gasteiger partial charge in [-0.05, 0) is 73.9 Å². The van der Waals surface area contributed by atoms with E-state index < -0.39 is 144 Å². The maximum atomic E-state index is 14.5. The van der Waals surface area contributed by atoms with Crippen LogP contribution in [0.25, 0.3) is 10.9 Å². The number of para-hydroxylation sites is 1. The van der Waals surface area contributed by atoms with Crippen LogP contribution in [0.1, 0.15) is 96.3 Å². The number of nitrogens with zero attached hydrogens (tertiary/aromatic N) is 2. The zero-order valence-corrected chi connectivity index (χ0v) is 51.0. The molecule has 0 saturated carbocycles. The number of hydrogen-bond donors (Lipinski definition) is 14. The Bertz CT molecular complexity index is 3190. The number of urea groups is 1. The third-order valence-corrected chi connectivity index (χ3v) is 15.4. The fraction of sp³-hybridized carbons (Fsp3) is 0.484. The van der Waals surface area contributed by atoms with Gasteiger partial charge in [0.15, 0.2) is 23.3 Å². The van der Waals surface area contributed by atoms with Crippen LogP contribution in [-0.2, 0) is 67.2 Å². The summed E-state index contributed by atoms with van der Waals surface area (Å²) in [6.45, 7) is 6.61. The molecule has 482 valence electrons. The molecule has 1 aliphatic heterocycles. The number of nitrogens with two attached hydrogens (primary N) is 3. The minimum absolute atomic E-state index is 0.0407. The van der Waals surface area contributed by atoms with Crippen molar-refractivity contribution < 1.29 is 68.1 Å². The third-order valence-electron chi connectivity index (χ3n) is 15.4. The zero-order valence-electron chi connectivity index (χ0n) is 51.0. The molecule has 0 bridgehead atoms. The number of rotatable bonds is 34. The Morgan fingerprint density at radius 1 is 0.753 bits per heavy atom. The highest BCUT2D eigenvalue weighted by Gasteiger charge is 2.44. The summed E-state index contributed by atoms with van der Waals surface area (Å²) in [6, 6.07) is 14.0. The number of aromatic hydroxyl groups is 1. The van der Waals surface area contributed by atoms with Crippen molar-refractivity contribution in [1.29, 1.82) is 0 Å². The van der Waals surface area contributed by atoms with E-state index in [0.29, 0.717) is 17.5 Å².